The molecule has 0 fully saturated rings. The number of benzene rings is 1. The summed E-state index contributed by atoms with van der Waals surface area (Å²) in [5.74, 6) is 0. The lowest BCUT2D eigenvalue weighted by Crippen LogP contribution is -1.98. The largest absolute Gasteiger partial charge is 0.388 e. The highest BCUT2D eigenvalue weighted by molar-refractivity contribution is 6.31. The predicted molar refractivity (Wildman–Crippen MR) is 55.8 cm³/mol. The summed E-state index contributed by atoms with van der Waals surface area (Å²) < 4.78 is 0. The second-order valence-corrected chi connectivity index (χ2v) is 3.61. The van der Waals surface area contributed by atoms with Crippen molar-refractivity contribution in [3.8, 4) is 0 Å². The highest BCUT2D eigenvalue weighted by atomic mass is 35.5. The summed E-state index contributed by atoms with van der Waals surface area (Å²) >= 11 is 5.91. The fourth-order valence-corrected chi connectivity index (χ4v) is 1.45. The van der Waals surface area contributed by atoms with Gasteiger partial charge in [-0.05, 0) is 25.0 Å². The maximum absolute atomic E-state index is 9.73. The quantitative estimate of drug-likeness (QED) is 0.736. The van der Waals surface area contributed by atoms with Crippen molar-refractivity contribution in [1.82, 2.24) is 0 Å². The molecule has 1 nitrogen and oxygen atoms in total. The molecule has 0 bridgehead atoms. The second kappa shape index (κ2) is 4.45. The SMILES string of the molecule is C=C(C)C[C@@H](O)c1ccccc1Cl. The molecule has 0 unspecified atom stereocenters. The Hall–Kier alpha value is -0.790. The molecule has 0 aromatic heterocycles. The first kappa shape index (κ1) is 10.3. The Kier molecular flexibility index (Phi) is 3.52. The average molecular weight is 197 g/mol. The summed E-state index contributed by atoms with van der Waals surface area (Å²) in [6.07, 6.45) is 0.0233. The Morgan fingerprint density at radius 2 is 2.15 bits per heavy atom. The second-order valence-electron chi connectivity index (χ2n) is 3.20. The number of rotatable bonds is 3. The van der Waals surface area contributed by atoms with Crippen molar-refractivity contribution in [2.24, 2.45) is 0 Å². The minimum Gasteiger partial charge on any atom is -0.388 e. The molecule has 1 aromatic rings. The Balaban J connectivity index is 2.82. The smallest absolute Gasteiger partial charge is 0.0841 e. The van der Waals surface area contributed by atoms with Crippen LogP contribution in [0.3, 0.4) is 0 Å². The van der Waals surface area contributed by atoms with Crippen LogP contribution in [0.5, 0.6) is 0 Å². The molecule has 0 spiro atoms. The normalized spacial score (nSPS) is 12.5. The van der Waals surface area contributed by atoms with Gasteiger partial charge in [-0.25, -0.2) is 0 Å². The molecule has 2 heteroatoms. The third-order valence-electron chi connectivity index (χ3n) is 1.81. The number of halogens is 1. The van der Waals surface area contributed by atoms with Crippen LogP contribution in [-0.4, -0.2) is 5.11 Å². The first-order valence-corrected chi connectivity index (χ1v) is 4.56. The highest BCUT2D eigenvalue weighted by Crippen LogP contribution is 2.26. The minimum absolute atomic E-state index is 0.536. The number of aliphatic hydroxyl groups is 1. The zero-order valence-electron chi connectivity index (χ0n) is 7.63. The lowest BCUT2D eigenvalue weighted by Gasteiger charge is -2.11. The van der Waals surface area contributed by atoms with Crippen molar-refractivity contribution in [2.45, 2.75) is 19.4 Å². The van der Waals surface area contributed by atoms with Crippen LogP contribution in [0.25, 0.3) is 0 Å². The van der Waals surface area contributed by atoms with E-state index in [2.05, 4.69) is 6.58 Å². The van der Waals surface area contributed by atoms with Gasteiger partial charge in [0.15, 0.2) is 0 Å². The van der Waals surface area contributed by atoms with Crippen molar-refractivity contribution in [2.75, 3.05) is 0 Å². The molecule has 0 aliphatic heterocycles. The molecule has 0 amide bonds. The van der Waals surface area contributed by atoms with Crippen LogP contribution in [0.2, 0.25) is 5.02 Å². The van der Waals surface area contributed by atoms with E-state index in [1.165, 1.54) is 0 Å². The van der Waals surface area contributed by atoms with E-state index >= 15 is 0 Å². The van der Waals surface area contributed by atoms with Gasteiger partial charge in [0.05, 0.1) is 6.10 Å². The van der Waals surface area contributed by atoms with Crippen molar-refractivity contribution in [1.29, 1.82) is 0 Å². The van der Waals surface area contributed by atoms with Crippen LogP contribution in [0.15, 0.2) is 36.4 Å². The highest BCUT2D eigenvalue weighted by Gasteiger charge is 2.10. The molecule has 13 heavy (non-hydrogen) atoms. The van der Waals surface area contributed by atoms with Crippen molar-refractivity contribution in [3.05, 3.63) is 47.0 Å². The van der Waals surface area contributed by atoms with E-state index in [1.54, 1.807) is 6.07 Å². The van der Waals surface area contributed by atoms with Crippen LogP contribution in [-0.2, 0) is 0 Å². The summed E-state index contributed by atoms with van der Waals surface area (Å²) in [6.45, 7) is 5.64. The zero-order valence-corrected chi connectivity index (χ0v) is 8.38. The summed E-state index contributed by atoms with van der Waals surface area (Å²) in [7, 11) is 0. The van der Waals surface area contributed by atoms with E-state index < -0.39 is 6.10 Å². The standard InChI is InChI=1S/C11H13ClO/c1-8(2)7-11(13)9-5-3-4-6-10(9)12/h3-6,11,13H,1,7H2,2H3/t11-/m1/s1. The molecule has 0 saturated heterocycles. The zero-order chi connectivity index (χ0) is 9.84. The third-order valence-corrected chi connectivity index (χ3v) is 2.15. The third kappa shape index (κ3) is 2.87. The summed E-state index contributed by atoms with van der Waals surface area (Å²) in [5, 5.41) is 10.3. The van der Waals surface area contributed by atoms with Crippen molar-refractivity contribution < 1.29 is 5.11 Å². The Morgan fingerprint density at radius 1 is 1.54 bits per heavy atom. The maximum Gasteiger partial charge on any atom is 0.0841 e. The molecule has 0 aliphatic rings. The van der Waals surface area contributed by atoms with E-state index in [0.717, 1.165) is 11.1 Å². The van der Waals surface area contributed by atoms with E-state index in [0.29, 0.717) is 11.4 Å². The molecule has 1 rings (SSSR count). The van der Waals surface area contributed by atoms with Gasteiger partial charge in [-0.3, -0.25) is 0 Å². The Labute approximate surface area is 83.7 Å². The van der Waals surface area contributed by atoms with Gasteiger partial charge in [0.1, 0.15) is 0 Å². The van der Waals surface area contributed by atoms with Gasteiger partial charge in [-0.15, -0.1) is 6.58 Å². The maximum atomic E-state index is 9.73. The van der Waals surface area contributed by atoms with Crippen LogP contribution in [0, 0.1) is 0 Å². The summed E-state index contributed by atoms with van der Waals surface area (Å²) in [4.78, 5) is 0. The van der Waals surface area contributed by atoms with Crippen LogP contribution >= 0.6 is 11.6 Å². The summed E-state index contributed by atoms with van der Waals surface area (Å²) in [5.41, 5.74) is 1.72. The molecule has 0 radical (unpaired) electrons. The fraction of sp³-hybridized carbons (Fsp3) is 0.273. The molecule has 0 aliphatic carbocycles. The van der Waals surface area contributed by atoms with Gasteiger partial charge in [-0.2, -0.15) is 0 Å². The monoisotopic (exact) mass is 196 g/mol. The van der Waals surface area contributed by atoms with Crippen LogP contribution < -0.4 is 0 Å². The van der Waals surface area contributed by atoms with Gasteiger partial charge in [0.25, 0.3) is 0 Å². The van der Waals surface area contributed by atoms with E-state index in [9.17, 15) is 5.11 Å². The lowest BCUT2D eigenvalue weighted by molar-refractivity contribution is 0.178. The van der Waals surface area contributed by atoms with E-state index in [-0.39, 0.29) is 0 Å². The number of hydrogen-bond donors (Lipinski definition) is 1. The summed E-state index contributed by atoms with van der Waals surface area (Å²) in [6, 6.07) is 7.32. The van der Waals surface area contributed by atoms with Gasteiger partial charge in [-0.1, -0.05) is 35.4 Å². The topological polar surface area (TPSA) is 20.2 Å². The fourth-order valence-electron chi connectivity index (χ4n) is 1.19. The molecule has 1 atom stereocenters. The average Bonchev–Trinajstić information content (AvgIpc) is 2.03. The molecular formula is C11H13ClO. The predicted octanol–water partition coefficient (Wildman–Crippen LogP) is 3.34. The lowest BCUT2D eigenvalue weighted by atomic mass is 10.0. The van der Waals surface area contributed by atoms with Crippen LogP contribution in [0.1, 0.15) is 25.0 Å². The molecular weight excluding hydrogens is 184 g/mol. The van der Waals surface area contributed by atoms with Gasteiger partial charge >= 0.3 is 0 Å². The number of hydrogen-bond acceptors (Lipinski definition) is 1. The Bertz CT molecular complexity index is 307. The van der Waals surface area contributed by atoms with Gasteiger partial charge in [0, 0.05) is 5.02 Å². The van der Waals surface area contributed by atoms with E-state index in [4.69, 9.17) is 11.6 Å². The number of aliphatic hydroxyl groups excluding tert-OH is 1. The molecule has 1 N–H and O–H groups in total. The van der Waals surface area contributed by atoms with Crippen LogP contribution in [0.4, 0.5) is 0 Å². The first-order chi connectivity index (χ1) is 6.11. The molecule has 0 heterocycles. The van der Waals surface area contributed by atoms with Crippen molar-refractivity contribution >= 4 is 11.6 Å². The van der Waals surface area contributed by atoms with Gasteiger partial charge < -0.3 is 5.11 Å². The van der Waals surface area contributed by atoms with Crippen molar-refractivity contribution in [3.63, 3.8) is 0 Å². The first-order valence-electron chi connectivity index (χ1n) is 4.18. The molecule has 0 saturated carbocycles. The Morgan fingerprint density at radius 3 is 2.69 bits per heavy atom. The van der Waals surface area contributed by atoms with Gasteiger partial charge in [0.2, 0.25) is 0 Å². The molecule has 70 valence electrons. The minimum atomic E-state index is -0.536. The molecule has 1 aromatic carbocycles. The van der Waals surface area contributed by atoms with E-state index in [1.807, 2.05) is 25.1 Å².